The van der Waals surface area contributed by atoms with Crippen molar-refractivity contribution < 1.29 is 38.7 Å². The first-order valence-corrected chi connectivity index (χ1v) is 8.42. The Morgan fingerprint density at radius 1 is 1.31 bits per heavy atom. The molecule has 0 aromatic carbocycles. The van der Waals surface area contributed by atoms with E-state index in [-0.39, 0.29) is 20.7 Å². The summed E-state index contributed by atoms with van der Waals surface area (Å²) in [4.78, 5) is 16.3. The van der Waals surface area contributed by atoms with E-state index in [0.717, 1.165) is 20.0 Å². The Balaban J connectivity index is 0.00000163. The number of pyridine rings is 1. The van der Waals surface area contributed by atoms with Gasteiger partial charge in [0.05, 0.1) is 11.0 Å². The van der Waals surface area contributed by atoms with Gasteiger partial charge in [-0.15, -0.1) is 0 Å². The third-order valence-corrected chi connectivity index (χ3v) is 4.22. The lowest BCUT2D eigenvalue weighted by Crippen LogP contribution is -2.69. The van der Waals surface area contributed by atoms with Crippen molar-refractivity contribution in [1.29, 1.82) is 0 Å². The Morgan fingerprint density at radius 3 is 2.35 bits per heavy atom. The number of alkyl halides is 2. The molecule has 1 aliphatic heterocycles. The van der Waals surface area contributed by atoms with Crippen LogP contribution in [-0.4, -0.2) is 54.5 Å². The van der Waals surface area contributed by atoms with Crippen molar-refractivity contribution >= 4 is 21.8 Å². The fourth-order valence-electron chi connectivity index (χ4n) is 2.01. The molecule has 1 amide bonds. The van der Waals surface area contributed by atoms with Gasteiger partial charge in [0.1, 0.15) is 11.2 Å². The molecule has 0 saturated heterocycles. The summed E-state index contributed by atoms with van der Waals surface area (Å²) in [6.45, 7) is 5.11. The first-order valence-electron chi connectivity index (χ1n) is 7.63. The Bertz CT molecular complexity index is 670. The lowest BCUT2D eigenvalue weighted by Gasteiger charge is -2.41. The van der Waals surface area contributed by atoms with E-state index in [1.54, 1.807) is 0 Å². The fourth-order valence-corrected chi connectivity index (χ4v) is 2.47. The molecule has 0 saturated carbocycles. The molecule has 26 heavy (non-hydrogen) atoms. The van der Waals surface area contributed by atoms with Crippen molar-refractivity contribution in [3.05, 3.63) is 22.4 Å². The number of halogens is 3. The average Bonchev–Trinajstić information content (AvgIpc) is 2.63. The van der Waals surface area contributed by atoms with Crippen LogP contribution in [0.5, 0.6) is 5.75 Å². The molecule has 4 N–H and O–H groups in total. The maximum Gasteiger partial charge on any atom is 0.402 e. The van der Waals surface area contributed by atoms with Crippen molar-refractivity contribution in [2.24, 2.45) is 5.41 Å². The number of ether oxygens (including phenoxy) is 1. The number of rotatable bonds is 2. The summed E-state index contributed by atoms with van der Waals surface area (Å²) in [5.41, 5.74) is -2.28. The molecule has 0 bridgehead atoms. The van der Waals surface area contributed by atoms with E-state index in [9.17, 15) is 34.0 Å². The third-order valence-electron chi connectivity index (χ3n) is 3.65. The summed E-state index contributed by atoms with van der Waals surface area (Å²) < 4.78 is 31.2. The zero-order chi connectivity index (χ0) is 20.5. The molecule has 1 aromatic heterocycles. The highest BCUT2D eigenvalue weighted by Crippen LogP contribution is 2.41. The summed E-state index contributed by atoms with van der Waals surface area (Å²) in [7, 11) is 0. The average molecular weight is 443 g/mol. The molecule has 0 spiro atoms. The topological polar surface area (TPSA) is 123 Å². The van der Waals surface area contributed by atoms with Crippen LogP contribution in [0.4, 0.5) is 8.78 Å². The number of amides is 1. The van der Waals surface area contributed by atoms with Gasteiger partial charge >= 0.3 is 11.9 Å². The summed E-state index contributed by atoms with van der Waals surface area (Å²) in [6.07, 6.45) is -0.754. The molecule has 1 aliphatic rings. The standard InChI is InChI=1S/C13H15BrF2N2O6.C2H6/c1-11(2,9(15)16)10(19)18-5-6-3-17-4-7(14)8(6)24-13(22,23)12(18,20)21;1-2/h3-4,9,20-23H,5H2,1-2H3;1-2H3. The molecule has 1 aromatic rings. The molecule has 2 heterocycles. The van der Waals surface area contributed by atoms with E-state index in [2.05, 4.69) is 20.9 Å². The molecule has 8 nitrogen and oxygen atoms in total. The summed E-state index contributed by atoms with van der Waals surface area (Å²) in [5, 5.41) is 39.9. The second kappa shape index (κ2) is 7.69. The number of hydrogen-bond donors (Lipinski definition) is 4. The molecular weight excluding hydrogens is 422 g/mol. The van der Waals surface area contributed by atoms with E-state index in [4.69, 9.17) is 4.74 Å². The van der Waals surface area contributed by atoms with Crippen LogP contribution >= 0.6 is 15.9 Å². The van der Waals surface area contributed by atoms with E-state index >= 15 is 0 Å². The lowest BCUT2D eigenvalue weighted by molar-refractivity contribution is -0.467. The van der Waals surface area contributed by atoms with E-state index in [1.165, 1.54) is 6.20 Å². The minimum atomic E-state index is -3.70. The van der Waals surface area contributed by atoms with Crippen LogP contribution in [-0.2, 0) is 11.3 Å². The molecular formula is C15H21BrF2N2O6. The number of carbonyl (C=O) groups excluding carboxylic acids is 1. The highest BCUT2D eigenvalue weighted by atomic mass is 79.9. The van der Waals surface area contributed by atoms with E-state index in [1.807, 2.05) is 13.8 Å². The van der Waals surface area contributed by atoms with E-state index < -0.39 is 36.2 Å². The van der Waals surface area contributed by atoms with Crippen molar-refractivity contribution in [3.8, 4) is 5.75 Å². The van der Waals surface area contributed by atoms with Gasteiger partial charge in [0.25, 0.3) is 6.43 Å². The van der Waals surface area contributed by atoms with Crippen molar-refractivity contribution in [2.45, 2.75) is 52.5 Å². The minimum absolute atomic E-state index is 0.0419. The number of nitrogens with zero attached hydrogens (tertiary/aromatic N) is 2. The summed E-state index contributed by atoms with van der Waals surface area (Å²) in [6, 6.07) is 0. The molecule has 0 radical (unpaired) electrons. The molecule has 148 valence electrons. The first-order chi connectivity index (χ1) is 11.8. The van der Waals surface area contributed by atoms with Gasteiger partial charge in [-0.25, -0.2) is 8.78 Å². The Labute approximate surface area is 157 Å². The van der Waals surface area contributed by atoms with Gasteiger partial charge in [-0.2, -0.15) is 0 Å². The molecule has 0 aliphatic carbocycles. The minimum Gasteiger partial charge on any atom is -0.432 e. The van der Waals surface area contributed by atoms with Crippen LogP contribution in [0, 0.1) is 5.41 Å². The number of aliphatic hydroxyl groups is 4. The predicted molar refractivity (Wildman–Crippen MR) is 88.6 cm³/mol. The van der Waals surface area contributed by atoms with Gasteiger partial charge in [-0.3, -0.25) is 14.7 Å². The first kappa shape index (κ1) is 22.6. The van der Waals surface area contributed by atoms with Crippen molar-refractivity contribution in [1.82, 2.24) is 9.88 Å². The van der Waals surface area contributed by atoms with Gasteiger partial charge < -0.3 is 25.2 Å². The number of hydrogen-bond acceptors (Lipinski definition) is 7. The van der Waals surface area contributed by atoms with Gasteiger partial charge in [0.15, 0.2) is 0 Å². The number of carbonyl (C=O) groups is 1. The lowest BCUT2D eigenvalue weighted by atomic mass is 9.91. The smallest absolute Gasteiger partial charge is 0.402 e. The summed E-state index contributed by atoms with van der Waals surface area (Å²) >= 11 is 3.03. The van der Waals surface area contributed by atoms with Gasteiger partial charge in [-0.05, 0) is 29.8 Å². The van der Waals surface area contributed by atoms with Crippen LogP contribution in [0.1, 0.15) is 33.3 Å². The van der Waals surface area contributed by atoms with Gasteiger partial charge in [0, 0.05) is 18.0 Å². The Hall–Kier alpha value is -1.40. The second-order valence-corrected chi connectivity index (χ2v) is 6.72. The molecule has 0 atom stereocenters. The monoisotopic (exact) mass is 442 g/mol. The van der Waals surface area contributed by atoms with Crippen LogP contribution < -0.4 is 4.74 Å². The summed E-state index contributed by atoms with van der Waals surface area (Å²) in [5.74, 6) is -9.04. The highest BCUT2D eigenvalue weighted by molar-refractivity contribution is 9.10. The molecule has 2 rings (SSSR count). The maximum atomic E-state index is 13.1. The quantitative estimate of drug-likeness (QED) is 0.506. The normalized spacial score (nSPS) is 18.2. The SMILES string of the molecule is CC.CC(C)(C(=O)N1Cc2cncc(Br)c2OC(O)(O)C1(O)O)C(F)F. The number of fused-ring (bicyclic) bond motifs is 1. The zero-order valence-corrected chi connectivity index (χ0v) is 16.2. The van der Waals surface area contributed by atoms with Gasteiger partial charge in [0.2, 0.25) is 5.91 Å². The van der Waals surface area contributed by atoms with Crippen LogP contribution in [0.2, 0.25) is 0 Å². The predicted octanol–water partition coefficient (Wildman–Crippen LogP) is 1.16. The Morgan fingerprint density at radius 2 is 1.85 bits per heavy atom. The second-order valence-electron chi connectivity index (χ2n) is 5.87. The highest BCUT2D eigenvalue weighted by Gasteiger charge is 2.61. The molecule has 0 unspecified atom stereocenters. The van der Waals surface area contributed by atoms with Crippen LogP contribution in [0.15, 0.2) is 16.9 Å². The Kier molecular flexibility index (Phi) is 6.69. The largest absolute Gasteiger partial charge is 0.432 e. The fraction of sp³-hybridized carbons (Fsp3) is 0.600. The van der Waals surface area contributed by atoms with Crippen LogP contribution in [0.25, 0.3) is 0 Å². The van der Waals surface area contributed by atoms with Crippen molar-refractivity contribution in [2.75, 3.05) is 0 Å². The maximum absolute atomic E-state index is 13.1. The van der Waals surface area contributed by atoms with Gasteiger partial charge in [-0.1, -0.05) is 13.8 Å². The van der Waals surface area contributed by atoms with E-state index in [0.29, 0.717) is 0 Å². The number of aromatic nitrogens is 1. The third kappa shape index (κ3) is 3.81. The zero-order valence-electron chi connectivity index (χ0n) is 14.6. The van der Waals surface area contributed by atoms with Crippen molar-refractivity contribution in [3.63, 3.8) is 0 Å². The molecule has 0 fully saturated rings. The molecule has 11 heteroatoms. The van der Waals surface area contributed by atoms with Crippen LogP contribution in [0.3, 0.4) is 0 Å².